The highest BCUT2D eigenvalue weighted by molar-refractivity contribution is 5.96. The topological polar surface area (TPSA) is 88.6 Å². The van der Waals surface area contributed by atoms with Crippen LogP contribution in [0.1, 0.15) is 28.6 Å². The molecule has 23 heavy (non-hydrogen) atoms. The Bertz CT molecular complexity index is 652. The first-order chi connectivity index (χ1) is 11.1. The molecule has 0 spiro atoms. The Hall–Kier alpha value is -2.60. The molecular formula is C17H21N3O3. The SMILES string of the molecule is CCN(Cc1ccccc1)C(=O)CNC(=O)c1coc(CN)c1. The monoisotopic (exact) mass is 315 g/mol. The van der Waals surface area contributed by atoms with Crippen LogP contribution in [-0.2, 0) is 17.9 Å². The molecule has 0 aliphatic rings. The van der Waals surface area contributed by atoms with Gasteiger partial charge < -0.3 is 20.4 Å². The van der Waals surface area contributed by atoms with Gasteiger partial charge in [-0.15, -0.1) is 0 Å². The van der Waals surface area contributed by atoms with Gasteiger partial charge in [0.25, 0.3) is 5.91 Å². The molecule has 2 rings (SSSR count). The highest BCUT2D eigenvalue weighted by Gasteiger charge is 2.15. The molecule has 0 unspecified atom stereocenters. The molecular weight excluding hydrogens is 294 g/mol. The summed E-state index contributed by atoms with van der Waals surface area (Å²) in [5.41, 5.74) is 6.85. The predicted molar refractivity (Wildman–Crippen MR) is 86.5 cm³/mol. The number of amides is 2. The van der Waals surface area contributed by atoms with Crippen LogP contribution < -0.4 is 11.1 Å². The number of nitrogens with two attached hydrogens (primary N) is 1. The summed E-state index contributed by atoms with van der Waals surface area (Å²) in [4.78, 5) is 25.9. The van der Waals surface area contributed by atoms with E-state index >= 15 is 0 Å². The van der Waals surface area contributed by atoms with Crippen LogP contribution in [0.3, 0.4) is 0 Å². The molecule has 0 aliphatic carbocycles. The number of hydrogen-bond donors (Lipinski definition) is 2. The molecule has 1 aromatic carbocycles. The molecule has 122 valence electrons. The average molecular weight is 315 g/mol. The van der Waals surface area contributed by atoms with Gasteiger partial charge in [-0.2, -0.15) is 0 Å². The van der Waals surface area contributed by atoms with Crippen molar-refractivity contribution in [1.29, 1.82) is 0 Å². The molecule has 1 aromatic heterocycles. The molecule has 0 radical (unpaired) electrons. The van der Waals surface area contributed by atoms with Crippen LogP contribution in [0.5, 0.6) is 0 Å². The van der Waals surface area contributed by atoms with E-state index in [1.165, 1.54) is 6.26 Å². The van der Waals surface area contributed by atoms with Gasteiger partial charge in [-0.3, -0.25) is 9.59 Å². The number of nitrogens with one attached hydrogen (secondary N) is 1. The highest BCUT2D eigenvalue weighted by atomic mass is 16.3. The van der Waals surface area contributed by atoms with Crippen LogP contribution >= 0.6 is 0 Å². The van der Waals surface area contributed by atoms with Crippen LogP contribution in [0.15, 0.2) is 47.1 Å². The number of benzene rings is 1. The van der Waals surface area contributed by atoms with E-state index in [1.54, 1.807) is 11.0 Å². The number of nitrogens with zero attached hydrogens (tertiary/aromatic N) is 1. The summed E-state index contributed by atoms with van der Waals surface area (Å²) in [5.74, 6) is 0.0468. The van der Waals surface area contributed by atoms with Crippen molar-refractivity contribution in [3.63, 3.8) is 0 Å². The lowest BCUT2D eigenvalue weighted by molar-refractivity contribution is -0.130. The standard InChI is InChI=1S/C17H21N3O3/c1-2-20(11-13-6-4-3-5-7-13)16(21)10-19-17(22)14-8-15(9-18)23-12-14/h3-8,12H,2,9-11,18H2,1H3,(H,19,22). The Labute approximate surface area is 135 Å². The Morgan fingerprint density at radius 1 is 1.26 bits per heavy atom. The lowest BCUT2D eigenvalue weighted by Gasteiger charge is -2.21. The van der Waals surface area contributed by atoms with Gasteiger partial charge in [0, 0.05) is 13.1 Å². The fourth-order valence-electron chi connectivity index (χ4n) is 2.16. The number of hydrogen-bond acceptors (Lipinski definition) is 4. The fourth-order valence-corrected chi connectivity index (χ4v) is 2.16. The minimum absolute atomic E-state index is 0.0529. The van der Waals surface area contributed by atoms with E-state index in [0.717, 1.165) is 5.56 Å². The first-order valence-electron chi connectivity index (χ1n) is 7.51. The maximum Gasteiger partial charge on any atom is 0.254 e. The number of likely N-dealkylation sites (N-methyl/N-ethyl adjacent to an activating group) is 1. The van der Waals surface area contributed by atoms with E-state index in [-0.39, 0.29) is 24.9 Å². The summed E-state index contributed by atoms with van der Waals surface area (Å²) < 4.78 is 5.11. The van der Waals surface area contributed by atoms with Crippen molar-refractivity contribution in [2.75, 3.05) is 13.1 Å². The van der Waals surface area contributed by atoms with Gasteiger partial charge in [0.05, 0.1) is 18.7 Å². The molecule has 2 aromatic rings. The van der Waals surface area contributed by atoms with Crippen LogP contribution in [0.25, 0.3) is 0 Å². The smallest absolute Gasteiger partial charge is 0.254 e. The molecule has 0 saturated heterocycles. The maximum atomic E-state index is 12.2. The Balaban J connectivity index is 1.88. The van der Waals surface area contributed by atoms with Crippen LogP contribution in [-0.4, -0.2) is 29.8 Å². The summed E-state index contributed by atoms with van der Waals surface area (Å²) in [5, 5.41) is 2.61. The minimum atomic E-state index is -0.349. The molecule has 1 heterocycles. The van der Waals surface area contributed by atoms with Crippen molar-refractivity contribution in [2.24, 2.45) is 5.73 Å². The third-order valence-corrected chi connectivity index (χ3v) is 3.47. The molecule has 0 aliphatic heterocycles. The fraction of sp³-hybridized carbons (Fsp3) is 0.294. The van der Waals surface area contributed by atoms with Crippen molar-refractivity contribution in [1.82, 2.24) is 10.2 Å². The molecule has 0 saturated carbocycles. The van der Waals surface area contributed by atoms with E-state index in [4.69, 9.17) is 10.2 Å². The highest BCUT2D eigenvalue weighted by Crippen LogP contribution is 2.07. The molecule has 3 N–H and O–H groups in total. The average Bonchev–Trinajstić information content (AvgIpc) is 3.07. The normalized spacial score (nSPS) is 10.3. The molecule has 6 nitrogen and oxygen atoms in total. The third-order valence-electron chi connectivity index (χ3n) is 3.47. The van der Waals surface area contributed by atoms with Crippen LogP contribution in [0.4, 0.5) is 0 Å². The zero-order valence-corrected chi connectivity index (χ0v) is 13.1. The second-order valence-electron chi connectivity index (χ2n) is 5.08. The minimum Gasteiger partial charge on any atom is -0.467 e. The van der Waals surface area contributed by atoms with Gasteiger partial charge in [0.15, 0.2) is 0 Å². The lowest BCUT2D eigenvalue weighted by Crippen LogP contribution is -2.39. The summed E-state index contributed by atoms with van der Waals surface area (Å²) in [6.45, 7) is 3.18. The zero-order chi connectivity index (χ0) is 16.7. The van der Waals surface area contributed by atoms with Crippen LogP contribution in [0.2, 0.25) is 0 Å². The maximum absolute atomic E-state index is 12.2. The second-order valence-corrected chi connectivity index (χ2v) is 5.08. The molecule has 0 atom stereocenters. The van der Waals surface area contributed by atoms with Crippen molar-refractivity contribution >= 4 is 11.8 Å². The Kier molecular flexibility index (Phi) is 5.94. The van der Waals surface area contributed by atoms with E-state index in [9.17, 15) is 9.59 Å². The second kappa shape index (κ2) is 8.14. The van der Waals surface area contributed by atoms with Crippen LogP contribution in [0, 0.1) is 0 Å². The molecule has 6 heteroatoms. The summed E-state index contributed by atoms with van der Waals surface area (Å²) in [6, 6.07) is 11.3. The first kappa shape index (κ1) is 16.8. The summed E-state index contributed by atoms with van der Waals surface area (Å²) in [7, 11) is 0. The number of carbonyl (C=O) groups is 2. The summed E-state index contributed by atoms with van der Waals surface area (Å²) in [6.07, 6.45) is 1.34. The van der Waals surface area contributed by atoms with Gasteiger partial charge in [-0.1, -0.05) is 30.3 Å². The summed E-state index contributed by atoms with van der Waals surface area (Å²) >= 11 is 0. The predicted octanol–water partition coefficient (Wildman–Crippen LogP) is 1.52. The van der Waals surface area contributed by atoms with E-state index in [1.807, 2.05) is 37.3 Å². The van der Waals surface area contributed by atoms with Gasteiger partial charge in [-0.05, 0) is 18.6 Å². The zero-order valence-electron chi connectivity index (χ0n) is 13.1. The number of rotatable bonds is 7. The number of carbonyl (C=O) groups excluding carboxylic acids is 2. The first-order valence-corrected chi connectivity index (χ1v) is 7.51. The molecule has 0 fully saturated rings. The quantitative estimate of drug-likeness (QED) is 0.811. The van der Waals surface area contributed by atoms with E-state index in [0.29, 0.717) is 24.4 Å². The lowest BCUT2D eigenvalue weighted by atomic mass is 10.2. The van der Waals surface area contributed by atoms with E-state index < -0.39 is 0 Å². The van der Waals surface area contributed by atoms with Gasteiger partial charge in [0.2, 0.25) is 5.91 Å². The van der Waals surface area contributed by atoms with Gasteiger partial charge >= 0.3 is 0 Å². The Morgan fingerprint density at radius 3 is 2.61 bits per heavy atom. The van der Waals surface area contributed by atoms with Gasteiger partial charge in [0.1, 0.15) is 12.0 Å². The Morgan fingerprint density at radius 2 is 2.00 bits per heavy atom. The van der Waals surface area contributed by atoms with Crippen molar-refractivity contribution in [2.45, 2.75) is 20.0 Å². The van der Waals surface area contributed by atoms with Crippen molar-refractivity contribution in [3.05, 3.63) is 59.5 Å². The largest absolute Gasteiger partial charge is 0.467 e. The third kappa shape index (κ3) is 4.69. The van der Waals surface area contributed by atoms with Crippen molar-refractivity contribution in [3.8, 4) is 0 Å². The van der Waals surface area contributed by atoms with E-state index in [2.05, 4.69) is 5.32 Å². The van der Waals surface area contributed by atoms with Crippen molar-refractivity contribution < 1.29 is 14.0 Å². The molecule has 0 bridgehead atoms. The van der Waals surface area contributed by atoms with Gasteiger partial charge in [-0.25, -0.2) is 0 Å². The molecule has 2 amide bonds. The number of furan rings is 1.